The molecule has 5 atom stereocenters. The number of carbonyl (C=O) groups is 4. The van der Waals surface area contributed by atoms with Crippen molar-refractivity contribution in [2.45, 2.75) is 84.0 Å². The molecule has 0 aromatic carbocycles. The molecular formula is C23H34N2O9. The summed E-state index contributed by atoms with van der Waals surface area (Å²) in [4.78, 5) is 49.0. The maximum absolute atomic E-state index is 12.2. The summed E-state index contributed by atoms with van der Waals surface area (Å²) in [5.74, 6) is -3.16. The van der Waals surface area contributed by atoms with Crippen LogP contribution < -0.4 is 5.73 Å². The number of esters is 3. The van der Waals surface area contributed by atoms with Gasteiger partial charge in [0, 0.05) is 30.8 Å². The van der Waals surface area contributed by atoms with Gasteiger partial charge in [0.2, 0.25) is 5.91 Å². The Bertz CT molecular complexity index is 821. The Morgan fingerprint density at radius 2 is 1.94 bits per heavy atom. The van der Waals surface area contributed by atoms with Gasteiger partial charge in [0.05, 0.1) is 6.42 Å². The molecule has 1 fully saturated rings. The van der Waals surface area contributed by atoms with Crippen LogP contribution in [0.4, 0.5) is 0 Å². The summed E-state index contributed by atoms with van der Waals surface area (Å²) >= 11 is 0. The molecule has 0 saturated carbocycles. The van der Waals surface area contributed by atoms with Gasteiger partial charge < -0.3 is 34.7 Å². The minimum absolute atomic E-state index is 0.239. The van der Waals surface area contributed by atoms with Gasteiger partial charge in [-0.1, -0.05) is 26.8 Å². The fraction of sp³-hybridized carbons (Fsp3) is 0.652. The SMILES string of the molecule is CCC(CC)OC(=O)C[C@H](O)C(=O)OC[C@H]1O[C@@H](N2C=CCC(C(N)=O)=C2)[C@H](OC(C)=O)[C@@H]1C. The molecule has 2 aliphatic heterocycles. The summed E-state index contributed by atoms with van der Waals surface area (Å²) in [6.45, 7) is 6.54. The Hall–Kier alpha value is -2.92. The van der Waals surface area contributed by atoms with Crippen LogP contribution in [0.1, 0.15) is 53.4 Å². The lowest BCUT2D eigenvalue weighted by molar-refractivity contribution is -0.166. The summed E-state index contributed by atoms with van der Waals surface area (Å²) in [6, 6.07) is 0. The molecule has 34 heavy (non-hydrogen) atoms. The van der Waals surface area contributed by atoms with Crippen LogP contribution in [0.25, 0.3) is 0 Å². The Morgan fingerprint density at radius 1 is 1.26 bits per heavy atom. The predicted octanol–water partition coefficient (Wildman–Crippen LogP) is 0.894. The number of rotatable bonds is 11. The van der Waals surface area contributed by atoms with Crippen molar-refractivity contribution in [3.63, 3.8) is 0 Å². The molecule has 0 radical (unpaired) electrons. The highest BCUT2D eigenvalue weighted by molar-refractivity contribution is 5.92. The smallest absolute Gasteiger partial charge is 0.335 e. The van der Waals surface area contributed by atoms with Crippen LogP contribution in [0, 0.1) is 5.92 Å². The summed E-state index contributed by atoms with van der Waals surface area (Å²) in [6.07, 6.45) is 1.91. The molecule has 1 saturated heterocycles. The quantitative estimate of drug-likeness (QED) is 0.320. The molecule has 190 valence electrons. The average Bonchev–Trinajstić information content (AvgIpc) is 3.10. The number of allylic oxidation sites excluding steroid dienone is 1. The van der Waals surface area contributed by atoms with Gasteiger partial charge in [-0.05, 0) is 19.3 Å². The average molecular weight is 483 g/mol. The number of aliphatic hydroxyl groups excluding tert-OH is 1. The van der Waals surface area contributed by atoms with Gasteiger partial charge >= 0.3 is 17.9 Å². The highest BCUT2D eigenvalue weighted by atomic mass is 16.6. The first kappa shape index (κ1) is 27.3. The lowest BCUT2D eigenvalue weighted by atomic mass is 10.00. The van der Waals surface area contributed by atoms with Gasteiger partial charge in [-0.2, -0.15) is 0 Å². The topological polar surface area (TPSA) is 155 Å². The number of amides is 1. The molecule has 0 spiro atoms. The van der Waals surface area contributed by atoms with E-state index in [4.69, 9.17) is 24.7 Å². The number of hydrogen-bond acceptors (Lipinski definition) is 10. The molecule has 0 aliphatic carbocycles. The third-order valence-corrected chi connectivity index (χ3v) is 5.76. The maximum atomic E-state index is 12.2. The van der Waals surface area contributed by atoms with Crippen LogP contribution in [0.15, 0.2) is 24.0 Å². The number of ether oxygens (including phenoxy) is 4. The zero-order valence-electron chi connectivity index (χ0n) is 20.0. The summed E-state index contributed by atoms with van der Waals surface area (Å²) in [7, 11) is 0. The second-order valence-corrected chi connectivity index (χ2v) is 8.33. The zero-order valence-corrected chi connectivity index (χ0v) is 20.0. The van der Waals surface area contributed by atoms with Crippen LogP contribution in [-0.4, -0.2) is 71.1 Å². The number of nitrogens with zero attached hydrogens (tertiary/aromatic N) is 1. The monoisotopic (exact) mass is 482 g/mol. The van der Waals surface area contributed by atoms with Crippen molar-refractivity contribution in [1.82, 2.24) is 4.90 Å². The minimum atomic E-state index is -1.68. The lowest BCUT2D eigenvalue weighted by Gasteiger charge is -2.30. The maximum Gasteiger partial charge on any atom is 0.335 e. The van der Waals surface area contributed by atoms with Gasteiger partial charge in [-0.25, -0.2) is 4.79 Å². The molecule has 2 rings (SSSR count). The van der Waals surface area contributed by atoms with E-state index >= 15 is 0 Å². The molecule has 2 aliphatic rings. The molecule has 0 unspecified atom stereocenters. The summed E-state index contributed by atoms with van der Waals surface area (Å²) in [5.41, 5.74) is 5.74. The first-order chi connectivity index (χ1) is 16.1. The highest BCUT2D eigenvalue weighted by Gasteiger charge is 2.47. The molecule has 0 bridgehead atoms. The second-order valence-electron chi connectivity index (χ2n) is 8.33. The van der Waals surface area contributed by atoms with E-state index in [0.717, 1.165) is 0 Å². The zero-order chi connectivity index (χ0) is 25.4. The van der Waals surface area contributed by atoms with Crippen LogP contribution in [0.5, 0.6) is 0 Å². The Balaban J connectivity index is 2.00. The van der Waals surface area contributed by atoms with E-state index in [1.54, 1.807) is 24.1 Å². The van der Waals surface area contributed by atoms with Crippen molar-refractivity contribution in [2.24, 2.45) is 11.7 Å². The molecular weight excluding hydrogens is 448 g/mol. The van der Waals surface area contributed by atoms with Crippen molar-refractivity contribution in [3.8, 4) is 0 Å². The number of carbonyl (C=O) groups excluding carboxylic acids is 4. The predicted molar refractivity (Wildman–Crippen MR) is 118 cm³/mol. The second kappa shape index (κ2) is 12.5. The normalized spacial score (nSPS) is 25.0. The Labute approximate surface area is 198 Å². The number of aliphatic hydroxyl groups is 1. The van der Waals surface area contributed by atoms with Crippen molar-refractivity contribution in [3.05, 3.63) is 24.0 Å². The van der Waals surface area contributed by atoms with E-state index in [2.05, 4.69) is 0 Å². The lowest BCUT2D eigenvalue weighted by Crippen LogP contribution is -2.40. The van der Waals surface area contributed by atoms with Crippen molar-refractivity contribution < 1.29 is 43.2 Å². The van der Waals surface area contributed by atoms with Crippen molar-refractivity contribution in [2.75, 3.05) is 6.61 Å². The minimum Gasteiger partial charge on any atom is -0.462 e. The molecule has 11 heteroatoms. The van der Waals surface area contributed by atoms with Gasteiger partial charge in [-0.15, -0.1) is 0 Å². The van der Waals surface area contributed by atoms with Crippen LogP contribution >= 0.6 is 0 Å². The van der Waals surface area contributed by atoms with E-state index in [-0.39, 0.29) is 18.6 Å². The molecule has 11 nitrogen and oxygen atoms in total. The molecule has 0 aromatic heterocycles. The number of primary amides is 1. The summed E-state index contributed by atoms with van der Waals surface area (Å²) < 4.78 is 21.8. The van der Waals surface area contributed by atoms with Crippen LogP contribution in [0.3, 0.4) is 0 Å². The largest absolute Gasteiger partial charge is 0.462 e. The van der Waals surface area contributed by atoms with Gasteiger partial charge in [0.1, 0.15) is 18.8 Å². The van der Waals surface area contributed by atoms with Gasteiger partial charge in [0.15, 0.2) is 18.4 Å². The van der Waals surface area contributed by atoms with E-state index < -0.39 is 54.8 Å². The molecule has 3 N–H and O–H groups in total. The van der Waals surface area contributed by atoms with Gasteiger partial charge in [-0.3, -0.25) is 14.4 Å². The first-order valence-corrected chi connectivity index (χ1v) is 11.4. The van der Waals surface area contributed by atoms with Crippen molar-refractivity contribution in [1.29, 1.82) is 0 Å². The summed E-state index contributed by atoms with van der Waals surface area (Å²) in [5, 5.41) is 10.0. The standard InChI is InChI=1S/C23H34N2O9/c1-5-16(6-2)33-19(28)10-17(27)23(30)31-12-18-13(3)20(32-14(4)26)22(34-18)25-9-7-8-15(11-25)21(24)29/h7,9,11,13,16-18,20,22,27H,5-6,8,10,12H2,1-4H3,(H2,24,29)/t13-,17+,18-,20-,22-/m1/s1. The molecule has 2 heterocycles. The first-order valence-electron chi connectivity index (χ1n) is 11.4. The van der Waals surface area contributed by atoms with Crippen molar-refractivity contribution >= 4 is 23.8 Å². The van der Waals surface area contributed by atoms with Crippen LogP contribution in [0.2, 0.25) is 0 Å². The number of hydrogen-bond donors (Lipinski definition) is 2. The third-order valence-electron chi connectivity index (χ3n) is 5.76. The number of nitrogens with two attached hydrogens (primary N) is 1. The van der Waals surface area contributed by atoms with E-state index in [1.807, 2.05) is 13.8 Å². The van der Waals surface area contributed by atoms with Gasteiger partial charge in [0.25, 0.3) is 0 Å². The highest BCUT2D eigenvalue weighted by Crippen LogP contribution is 2.33. The third kappa shape index (κ3) is 7.29. The van der Waals surface area contributed by atoms with E-state index in [0.29, 0.717) is 24.8 Å². The molecule has 0 aromatic rings. The Kier molecular flexibility index (Phi) is 10.1. The van der Waals surface area contributed by atoms with E-state index in [1.165, 1.54) is 13.1 Å². The fourth-order valence-corrected chi connectivity index (χ4v) is 3.73. The van der Waals surface area contributed by atoms with E-state index in [9.17, 15) is 24.3 Å². The Morgan fingerprint density at radius 3 is 2.53 bits per heavy atom. The van der Waals surface area contributed by atoms with Crippen LogP contribution in [-0.2, 0) is 38.1 Å². The fourth-order valence-electron chi connectivity index (χ4n) is 3.73. The molecule has 1 amide bonds.